The van der Waals surface area contributed by atoms with Crippen molar-refractivity contribution in [2.45, 2.75) is 38.5 Å². The van der Waals surface area contributed by atoms with Crippen molar-refractivity contribution >= 4 is 0 Å². The Bertz CT molecular complexity index is 396. The fourth-order valence-electron chi connectivity index (χ4n) is 2.44. The highest BCUT2D eigenvalue weighted by molar-refractivity contribution is 5.32. The molecule has 1 saturated carbocycles. The summed E-state index contributed by atoms with van der Waals surface area (Å²) in [6.07, 6.45) is 3.93. The fraction of sp³-hybridized carbons (Fsp3) is 0.467. The molecule has 0 bridgehead atoms. The van der Waals surface area contributed by atoms with E-state index in [2.05, 4.69) is 20.1 Å². The maximum atomic E-state index is 13.6. The molecule has 1 aromatic carbocycles. The summed E-state index contributed by atoms with van der Waals surface area (Å²) >= 11 is 0. The number of rotatable bonds is 1. The molecular weight excluding hydrogens is 234 g/mol. The molecule has 0 aromatic heterocycles. The third kappa shape index (κ3) is 3.09. The number of aromatic hydroxyl groups is 1. The maximum absolute atomic E-state index is 13.6. The van der Waals surface area contributed by atoms with Crippen molar-refractivity contribution in [2.75, 3.05) is 0 Å². The Balaban J connectivity index is 0.000000771. The lowest BCUT2D eigenvalue weighted by atomic mass is 9.79. The van der Waals surface area contributed by atoms with Gasteiger partial charge in [-0.1, -0.05) is 25.8 Å². The van der Waals surface area contributed by atoms with Crippen LogP contribution in [-0.2, 0) is 0 Å². The van der Waals surface area contributed by atoms with Crippen LogP contribution in [0.3, 0.4) is 0 Å². The van der Waals surface area contributed by atoms with Crippen LogP contribution in [0.5, 0.6) is 5.75 Å². The first-order valence-electron chi connectivity index (χ1n) is 6.26. The van der Waals surface area contributed by atoms with Crippen LogP contribution in [0.4, 0.5) is 8.78 Å². The quantitative estimate of drug-likeness (QED) is 0.716. The molecule has 0 aliphatic heterocycles. The fourth-order valence-corrected chi connectivity index (χ4v) is 2.44. The third-order valence-corrected chi connectivity index (χ3v) is 3.55. The van der Waals surface area contributed by atoms with Gasteiger partial charge in [0, 0.05) is 0 Å². The number of benzene rings is 1. The molecule has 1 aliphatic carbocycles. The molecule has 0 atom stereocenters. The normalized spacial score (nSPS) is 23.1. The Morgan fingerprint density at radius 3 is 2.17 bits per heavy atom. The molecule has 0 radical (unpaired) electrons. The van der Waals surface area contributed by atoms with E-state index in [1.54, 1.807) is 0 Å². The van der Waals surface area contributed by atoms with Crippen LogP contribution >= 0.6 is 0 Å². The number of phenolic OH excluding ortho intramolecular Hbond substituents is 1. The summed E-state index contributed by atoms with van der Waals surface area (Å²) in [5.41, 5.74) is 0.419. The molecule has 0 amide bonds. The van der Waals surface area contributed by atoms with Crippen LogP contribution in [0.25, 0.3) is 0 Å². The number of phenols is 1. The van der Waals surface area contributed by atoms with E-state index in [0.717, 1.165) is 25.7 Å². The van der Waals surface area contributed by atoms with Crippen molar-refractivity contribution in [1.29, 1.82) is 0 Å². The van der Waals surface area contributed by atoms with E-state index in [9.17, 15) is 8.78 Å². The van der Waals surface area contributed by atoms with Crippen molar-refractivity contribution in [1.82, 2.24) is 0 Å². The number of hydrogen-bond acceptors (Lipinski definition) is 1. The van der Waals surface area contributed by atoms with Crippen LogP contribution in [0.1, 0.15) is 44.1 Å². The van der Waals surface area contributed by atoms with Gasteiger partial charge in [0.1, 0.15) is 0 Å². The van der Waals surface area contributed by atoms with Crippen LogP contribution in [0.2, 0.25) is 0 Å². The molecule has 3 heteroatoms. The molecule has 18 heavy (non-hydrogen) atoms. The van der Waals surface area contributed by atoms with E-state index >= 15 is 0 Å². The second-order valence-corrected chi connectivity index (χ2v) is 4.76. The molecule has 1 fully saturated rings. The predicted molar refractivity (Wildman–Crippen MR) is 69.6 cm³/mol. The topological polar surface area (TPSA) is 20.2 Å². The smallest absolute Gasteiger partial charge is 0.200 e. The van der Waals surface area contributed by atoms with Gasteiger partial charge in [-0.25, -0.2) is 4.39 Å². The Morgan fingerprint density at radius 2 is 1.61 bits per heavy atom. The zero-order valence-corrected chi connectivity index (χ0v) is 10.8. The average molecular weight is 254 g/mol. The van der Waals surface area contributed by atoms with E-state index < -0.39 is 17.4 Å². The molecule has 0 unspecified atom stereocenters. The molecule has 0 saturated heterocycles. The minimum atomic E-state index is -1.11. The van der Waals surface area contributed by atoms with Gasteiger partial charge in [-0.15, -0.1) is 13.2 Å². The lowest BCUT2D eigenvalue weighted by Gasteiger charge is -2.26. The molecule has 0 spiro atoms. The van der Waals surface area contributed by atoms with Gasteiger partial charge in [-0.05, 0) is 36.3 Å². The number of halogens is 2. The molecule has 1 N–H and O–H groups in total. The minimum Gasteiger partial charge on any atom is -0.505 e. The van der Waals surface area contributed by atoms with Crippen LogP contribution in [-0.4, -0.2) is 5.11 Å². The van der Waals surface area contributed by atoms with Crippen LogP contribution in [0.15, 0.2) is 25.3 Å². The zero-order valence-electron chi connectivity index (χ0n) is 10.8. The van der Waals surface area contributed by atoms with Gasteiger partial charge < -0.3 is 5.11 Å². The lowest BCUT2D eigenvalue weighted by Crippen LogP contribution is -2.12. The molecule has 1 aliphatic rings. The summed E-state index contributed by atoms with van der Waals surface area (Å²) in [5.74, 6) is -1.81. The third-order valence-electron chi connectivity index (χ3n) is 3.55. The highest BCUT2D eigenvalue weighted by atomic mass is 19.2. The van der Waals surface area contributed by atoms with E-state index in [-0.39, 0.29) is 5.92 Å². The van der Waals surface area contributed by atoms with Gasteiger partial charge in [0.2, 0.25) is 5.82 Å². The minimum absolute atomic E-state index is 0.103. The van der Waals surface area contributed by atoms with Crippen LogP contribution in [0, 0.1) is 17.6 Å². The highest BCUT2D eigenvalue weighted by Gasteiger charge is 2.24. The lowest BCUT2D eigenvalue weighted by molar-refractivity contribution is 0.336. The standard InChI is InChI=1S/C13H16F2O.C2H4/c1-8-2-4-9(5-3-8)10-6-7-11(16)13(15)12(10)14;1-2/h6-9,16H,2-5H2,1H3;1-2H2. The summed E-state index contributed by atoms with van der Waals surface area (Å²) in [7, 11) is 0. The van der Waals surface area contributed by atoms with Crippen LogP contribution < -0.4 is 0 Å². The van der Waals surface area contributed by atoms with E-state index in [0.29, 0.717) is 11.5 Å². The summed E-state index contributed by atoms with van der Waals surface area (Å²) in [4.78, 5) is 0. The molecular formula is C15H20F2O. The SMILES string of the molecule is C=C.CC1CCC(c2ccc(O)c(F)c2F)CC1. The van der Waals surface area contributed by atoms with Crippen molar-refractivity contribution in [3.8, 4) is 5.75 Å². The summed E-state index contributed by atoms with van der Waals surface area (Å²) in [6.45, 7) is 8.18. The van der Waals surface area contributed by atoms with E-state index in [4.69, 9.17) is 5.11 Å². The Kier molecular flexibility index (Phi) is 5.32. The first-order valence-corrected chi connectivity index (χ1v) is 6.26. The first kappa shape index (κ1) is 14.7. The van der Waals surface area contributed by atoms with E-state index in [1.807, 2.05) is 0 Å². The maximum Gasteiger partial charge on any atom is 0.200 e. The second kappa shape index (κ2) is 6.53. The van der Waals surface area contributed by atoms with Crippen molar-refractivity contribution in [2.24, 2.45) is 5.92 Å². The molecule has 1 nitrogen and oxygen atoms in total. The first-order chi connectivity index (χ1) is 8.59. The van der Waals surface area contributed by atoms with Gasteiger partial charge in [0.15, 0.2) is 11.6 Å². The van der Waals surface area contributed by atoms with Gasteiger partial charge in [-0.3, -0.25) is 0 Å². The Morgan fingerprint density at radius 1 is 1.06 bits per heavy atom. The van der Waals surface area contributed by atoms with Gasteiger partial charge >= 0.3 is 0 Å². The molecule has 100 valence electrons. The van der Waals surface area contributed by atoms with Crippen molar-refractivity contribution in [3.63, 3.8) is 0 Å². The largest absolute Gasteiger partial charge is 0.505 e. The van der Waals surface area contributed by atoms with Crippen molar-refractivity contribution < 1.29 is 13.9 Å². The molecule has 1 aromatic rings. The monoisotopic (exact) mass is 254 g/mol. The second-order valence-electron chi connectivity index (χ2n) is 4.76. The average Bonchev–Trinajstić information content (AvgIpc) is 2.40. The summed E-state index contributed by atoms with van der Waals surface area (Å²) in [5, 5.41) is 9.05. The van der Waals surface area contributed by atoms with Crippen molar-refractivity contribution in [3.05, 3.63) is 42.5 Å². The number of hydrogen-bond donors (Lipinski definition) is 1. The van der Waals surface area contributed by atoms with Gasteiger partial charge in [-0.2, -0.15) is 4.39 Å². The predicted octanol–water partition coefficient (Wildman–Crippen LogP) is 4.77. The van der Waals surface area contributed by atoms with Gasteiger partial charge in [0.25, 0.3) is 0 Å². The summed E-state index contributed by atoms with van der Waals surface area (Å²) in [6, 6.07) is 2.75. The van der Waals surface area contributed by atoms with E-state index in [1.165, 1.54) is 12.1 Å². The molecule has 0 heterocycles. The molecule has 2 rings (SSSR count). The Hall–Kier alpha value is -1.38. The van der Waals surface area contributed by atoms with Gasteiger partial charge in [0.05, 0.1) is 0 Å². The zero-order chi connectivity index (χ0) is 13.7. The highest BCUT2D eigenvalue weighted by Crippen LogP contribution is 2.38. The Labute approximate surface area is 107 Å². The summed E-state index contributed by atoms with van der Waals surface area (Å²) < 4.78 is 26.8.